The summed E-state index contributed by atoms with van der Waals surface area (Å²) in [5.74, 6) is 0. The lowest BCUT2D eigenvalue weighted by atomic mass is 10.2. The zero-order valence-electron chi connectivity index (χ0n) is 10.8. The number of hydrogen-bond donors (Lipinski definition) is 2. The van der Waals surface area contributed by atoms with Gasteiger partial charge in [0.1, 0.15) is 0 Å². The van der Waals surface area contributed by atoms with Crippen molar-refractivity contribution in [1.82, 2.24) is 9.71 Å². The van der Waals surface area contributed by atoms with Crippen molar-refractivity contribution in [2.24, 2.45) is 0 Å². The van der Waals surface area contributed by atoms with E-state index in [0.717, 1.165) is 11.3 Å². The highest BCUT2D eigenvalue weighted by Crippen LogP contribution is 2.08. The quantitative estimate of drug-likeness (QED) is 0.852. The number of aryl methyl sites for hydroxylation is 1. The lowest BCUT2D eigenvalue weighted by Crippen LogP contribution is -2.34. The standard InChI is InChI=1S/C12H20N2O2S/c1-9-7-10(8-11(15)14-9)5-6-13-17(16)12(2,3)4/h7-8,13H,5-6H2,1-4H3,(H,14,15). The first-order valence-electron chi connectivity index (χ1n) is 5.64. The highest BCUT2D eigenvalue weighted by molar-refractivity contribution is 7.84. The Morgan fingerprint density at radius 2 is 2.00 bits per heavy atom. The van der Waals surface area contributed by atoms with E-state index in [1.165, 1.54) is 0 Å². The average Bonchev–Trinajstić information content (AvgIpc) is 2.14. The lowest BCUT2D eigenvalue weighted by molar-refractivity contribution is 0.635. The van der Waals surface area contributed by atoms with Crippen LogP contribution in [-0.4, -0.2) is 20.5 Å². The molecule has 1 aromatic rings. The van der Waals surface area contributed by atoms with Crippen LogP contribution in [0.3, 0.4) is 0 Å². The fourth-order valence-corrected chi connectivity index (χ4v) is 2.12. The van der Waals surface area contributed by atoms with Crippen LogP contribution in [0, 0.1) is 6.92 Å². The SMILES string of the molecule is Cc1cc(CCNS(=O)C(C)(C)C)cc(=O)[nH]1. The van der Waals surface area contributed by atoms with Crippen molar-refractivity contribution >= 4 is 11.0 Å². The smallest absolute Gasteiger partial charge is 0.248 e. The molecular weight excluding hydrogens is 236 g/mol. The van der Waals surface area contributed by atoms with Crippen LogP contribution in [0.25, 0.3) is 0 Å². The van der Waals surface area contributed by atoms with Gasteiger partial charge in [-0.3, -0.25) is 4.79 Å². The molecule has 1 heterocycles. The summed E-state index contributed by atoms with van der Waals surface area (Å²) in [5, 5.41) is 0. The van der Waals surface area contributed by atoms with E-state index in [9.17, 15) is 9.00 Å². The molecule has 5 heteroatoms. The van der Waals surface area contributed by atoms with E-state index in [-0.39, 0.29) is 10.3 Å². The van der Waals surface area contributed by atoms with Gasteiger partial charge in [-0.25, -0.2) is 8.93 Å². The van der Waals surface area contributed by atoms with Crippen LogP contribution in [0.15, 0.2) is 16.9 Å². The lowest BCUT2D eigenvalue weighted by Gasteiger charge is -2.18. The third kappa shape index (κ3) is 4.83. The molecule has 0 saturated carbocycles. The maximum Gasteiger partial charge on any atom is 0.248 e. The summed E-state index contributed by atoms with van der Waals surface area (Å²) >= 11 is 0. The van der Waals surface area contributed by atoms with Crippen molar-refractivity contribution in [2.75, 3.05) is 6.54 Å². The fourth-order valence-electron chi connectivity index (χ4n) is 1.40. The van der Waals surface area contributed by atoms with Gasteiger partial charge in [-0.15, -0.1) is 0 Å². The molecule has 0 aromatic carbocycles. The second-order valence-electron chi connectivity index (χ2n) is 5.06. The molecule has 1 atom stereocenters. The van der Waals surface area contributed by atoms with Gasteiger partial charge in [-0.05, 0) is 45.7 Å². The Kier molecular flexibility index (Phi) is 4.65. The summed E-state index contributed by atoms with van der Waals surface area (Å²) in [6.07, 6.45) is 0.701. The molecule has 0 aliphatic carbocycles. The summed E-state index contributed by atoms with van der Waals surface area (Å²) in [6.45, 7) is 8.23. The number of pyridine rings is 1. The summed E-state index contributed by atoms with van der Waals surface area (Å²) in [7, 11) is -1.06. The molecule has 0 bridgehead atoms. The normalized spacial score (nSPS) is 13.6. The second kappa shape index (κ2) is 5.60. The molecule has 1 rings (SSSR count). The van der Waals surface area contributed by atoms with Crippen molar-refractivity contribution in [2.45, 2.75) is 38.9 Å². The summed E-state index contributed by atoms with van der Waals surface area (Å²) in [4.78, 5) is 13.9. The average molecular weight is 256 g/mol. The van der Waals surface area contributed by atoms with Crippen LogP contribution in [0.4, 0.5) is 0 Å². The Labute approximate surface area is 104 Å². The zero-order chi connectivity index (χ0) is 13.1. The maximum absolute atomic E-state index is 11.7. The van der Waals surface area contributed by atoms with Gasteiger partial charge < -0.3 is 4.98 Å². The molecule has 0 amide bonds. The largest absolute Gasteiger partial charge is 0.327 e. The molecule has 0 spiro atoms. The molecule has 2 N–H and O–H groups in total. The molecule has 1 unspecified atom stereocenters. The van der Waals surface area contributed by atoms with E-state index in [1.54, 1.807) is 6.07 Å². The van der Waals surface area contributed by atoms with Crippen LogP contribution in [-0.2, 0) is 17.4 Å². The van der Waals surface area contributed by atoms with E-state index in [0.29, 0.717) is 13.0 Å². The van der Waals surface area contributed by atoms with Crippen molar-refractivity contribution in [3.05, 3.63) is 33.7 Å². The van der Waals surface area contributed by atoms with Crippen LogP contribution in [0.2, 0.25) is 0 Å². The van der Waals surface area contributed by atoms with Gasteiger partial charge in [0.15, 0.2) is 0 Å². The maximum atomic E-state index is 11.7. The molecule has 0 radical (unpaired) electrons. The third-order valence-electron chi connectivity index (χ3n) is 2.24. The summed E-state index contributed by atoms with van der Waals surface area (Å²) in [5.41, 5.74) is 1.73. The Bertz CT molecular complexity index is 460. The van der Waals surface area contributed by atoms with Crippen LogP contribution in [0.5, 0.6) is 0 Å². The highest BCUT2D eigenvalue weighted by Gasteiger charge is 2.18. The van der Waals surface area contributed by atoms with Gasteiger partial charge in [0, 0.05) is 18.3 Å². The van der Waals surface area contributed by atoms with Gasteiger partial charge in [-0.1, -0.05) is 0 Å². The van der Waals surface area contributed by atoms with Gasteiger partial charge in [0.25, 0.3) is 0 Å². The van der Waals surface area contributed by atoms with Gasteiger partial charge in [0.2, 0.25) is 5.56 Å². The van der Waals surface area contributed by atoms with E-state index in [1.807, 2.05) is 33.8 Å². The van der Waals surface area contributed by atoms with Crippen molar-refractivity contribution in [3.63, 3.8) is 0 Å². The molecular formula is C12H20N2O2S. The minimum Gasteiger partial charge on any atom is -0.327 e. The highest BCUT2D eigenvalue weighted by atomic mass is 32.2. The molecule has 1 aromatic heterocycles. The zero-order valence-corrected chi connectivity index (χ0v) is 11.6. The Hall–Kier alpha value is -0.940. The van der Waals surface area contributed by atoms with Crippen LogP contribution in [0.1, 0.15) is 32.0 Å². The van der Waals surface area contributed by atoms with E-state index in [4.69, 9.17) is 0 Å². The third-order valence-corrected chi connectivity index (χ3v) is 3.82. The van der Waals surface area contributed by atoms with E-state index < -0.39 is 11.0 Å². The van der Waals surface area contributed by atoms with Crippen LogP contribution < -0.4 is 10.3 Å². The number of rotatable bonds is 4. The Morgan fingerprint density at radius 1 is 1.35 bits per heavy atom. The summed E-state index contributed by atoms with van der Waals surface area (Å²) < 4.78 is 14.4. The van der Waals surface area contributed by atoms with Gasteiger partial charge in [-0.2, -0.15) is 0 Å². The number of aromatic amines is 1. The predicted molar refractivity (Wildman–Crippen MR) is 71.4 cm³/mol. The monoisotopic (exact) mass is 256 g/mol. The first kappa shape index (κ1) is 14.1. The number of H-pyrrole nitrogens is 1. The topological polar surface area (TPSA) is 62.0 Å². The molecule has 4 nitrogen and oxygen atoms in total. The van der Waals surface area contributed by atoms with Gasteiger partial charge >= 0.3 is 0 Å². The first-order valence-corrected chi connectivity index (χ1v) is 6.79. The molecule has 96 valence electrons. The minimum atomic E-state index is -1.06. The minimum absolute atomic E-state index is 0.0862. The van der Waals surface area contributed by atoms with E-state index in [2.05, 4.69) is 9.71 Å². The summed E-state index contributed by atoms with van der Waals surface area (Å²) in [6, 6.07) is 3.51. The first-order chi connectivity index (χ1) is 7.79. The van der Waals surface area contributed by atoms with Crippen molar-refractivity contribution in [1.29, 1.82) is 0 Å². The van der Waals surface area contributed by atoms with Crippen molar-refractivity contribution < 1.29 is 4.21 Å². The molecule has 0 aliphatic rings. The van der Waals surface area contributed by atoms with Crippen molar-refractivity contribution in [3.8, 4) is 0 Å². The molecule has 0 fully saturated rings. The predicted octanol–water partition coefficient (Wildman–Crippen LogP) is 1.28. The Morgan fingerprint density at radius 3 is 2.53 bits per heavy atom. The van der Waals surface area contributed by atoms with Crippen LogP contribution >= 0.6 is 0 Å². The van der Waals surface area contributed by atoms with E-state index >= 15 is 0 Å². The van der Waals surface area contributed by atoms with Gasteiger partial charge in [0.05, 0.1) is 15.7 Å². The number of aromatic nitrogens is 1. The molecule has 17 heavy (non-hydrogen) atoms. The Balaban J connectivity index is 2.52. The molecule has 0 aliphatic heterocycles. The fraction of sp³-hybridized carbons (Fsp3) is 0.583. The second-order valence-corrected chi connectivity index (χ2v) is 7.11. The number of hydrogen-bond acceptors (Lipinski definition) is 2. The number of nitrogens with one attached hydrogen (secondary N) is 2. The molecule has 0 saturated heterocycles.